The summed E-state index contributed by atoms with van der Waals surface area (Å²) in [5.41, 5.74) is 1.85. The second-order valence-electron chi connectivity index (χ2n) is 8.33. The van der Waals surface area contributed by atoms with E-state index in [1.54, 1.807) is 0 Å². The Hall–Kier alpha value is -2.18. The Bertz CT molecular complexity index is 882. The van der Waals surface area contributed by atoms with E-state index in [0.29, 0.717) is 31.5 Å². The minimum absolute atomic E-state index is 0.0503. The van der Waals surface area contributed by atoms with Crippen LogP contribution >= 0.6 is 15.9 Å². The fourth-order valence-electron chi connectivity index (χ4n) is 4.55. The van der Waals surface area contributed by atoms with Crippen LogP contribution < -0.4 is 4.90 Å². The number of halogens is 1. The maximum Gasteiger partial charge on any atom is 0.225 e. The quantitative estimate of drug-likeness (QED) is 0.686. The number of piperidine rings is 2. The van der Waals surface area contributed by atoms with Crippen LogP contribution in [0.4, 0.5) is 5.69 Å². The van der Waals surface area contributed by atoms with Gasteiger partial charge in [0.2, 0.25) is 5.91 Å². The van der Waals surface area contributed by atoms with E-state index < -0.39 is 5.60 Å². The van der Waals surface area contributed by atoms with Crippen LogP contribution in [0.5, 0.6) is 0 Å². The number of nitrogens with zero attached hydrogens (tertiary/aromatic N) is 2. The predicted octanol–water partition coefficient (Wildman–Crippen LogP) is 3.99. The van der Waals surface area contributed by atoms with Gasteiger partial charge in [-0.25, -0.2) is 0 Å². The van der Waals surface area contributed by atoms with E-state index in [4.69, 9.17) is 0 Å². The Labute approximate surface area is 185 Å². The summed E-state index contributed by atoms with van der Waals surface area (Å²) in [4.78, 5) is 28.1. The Kier molecular flexibility index (Phi) is 6.25. The summed E-state index contributed by atoms with van der Waals surface area (Å²) in [6, 6.07) is 15.4. The van der Waals surface area contributed by atoms with Crippen molar-refractivity contribution in [3.63, 3.8) is 0 Å². The van der Waals surface area contributed by atoms with Gasteiger partial charge >= 0.3 is 0 Å². The molecule has 0 unspecified atom stereocenters. The van der Waals surface area contributed by atoms with E-state index >= 15 is 0 Å². The average molecular weight is 471 g/mol. The molecule has 2 saturated heterocycles. The van der Waals surface area contributed by atoms with Crippen LogP contribution in [0.25, 0.3) is 0 Å². The van der Waals surface area contributed by atoms with Crippen LogP contribution in [0, 0.1) is 5.92 Å². The maximum absolute atomic E-state index is 13.1. The lowest BCUT2D eigenvalue weighted by Crippen LogP contribution is -2.49. The molecule has 30 heavy (non-hydrogen) atoms. The molecule has 2 aromatic carbocycles. The summed E-state index contributed by atoms with van der Waals surface area (Å²) in [5.74, 6) is 0.276. The van der Waals surface area contributed by atoms with Crippen molar-refractivity contribution in [2.45, 2.75) is 31.3 Å². The first-order valence-corrected chi connectivity index (χ1v) is 11.4. The molecule has 0 spiro atoms. The molecule has 0 aliphatic carbocycles. The molecule has 0 bridgehead atoms. The van der Waals surface area contributed by atoms with Gasteiger partial charge in [0.1, 0.15) is 6.29 Å². The number of hydrogen-bond acceptors (Lipinski definition) is 4. The number of anilines is 1. The standard InChI is InChI=1S/C24H27BrN2O3/c25-21-5-3-20(4-6-21)24(30)11-15-27(16-12-24)23(29)19-9-13-26(14-10-19)22-7-1-18(17-28)2-8-22/h1-8,17,19,30H,9-16H2. The second-order valence-corrected chi connectivity index (χ2v) is 9.25. The first-order chi connectivity index (χ1) is 14.5. The Morgan fingerprint density at radius 2 is 1.57 bits per heavy atom. The highest BCUT2D eigenvalue weighted by molar-refractivity contribution is 9.10. The molecule has 2 aromatic rings. The maximum atomic E-state index is 13.1. The monoisotopic (exact) mass is 470 g/mol. The van der Waals surface area contributed by atoms with Crippen LogP contribution in [0.2, 0.25) is 0 Å². The Morgan fingerprint density at radius 3 is 2.13 bits per heavy atom. The fourth-order valence-corrected chi connectivity index (χ4v) is 4.82. The average Bonchev–Trinajstić information content (AvgIpc) is 2.80. The lowest BCUT2D eigenvalue weighted by Gasteiger charge is -2.41. The SMILES string of the molecule is O=Cc1ccc(N2CCC(C(=O)N3CCC(O)(c4ccc(Br)cc4)CC3)CC2)cc1. The first-order valence-electron chi connectivity index (χ1n) is 10.6. The molecular weight excluding hydrogens is 444 g/mol. The van der Waals surface area contributed by atoms with Crippen molar-refractivity contribution >= 4 is 33.8 Å². The highest BCUT2D eigenvalue weighted by atomic mass is 79.9. The topological polar surface area (TPSA) is 60.9 Å². The number of carbonyl (C=O) groups excluding carboxylic acids is 2. The van der Waals surface area contributed by atoms with Gasteiger partial charge in [-0.05, 0) is 67.6 Å². The Balaban J connectivity index is 1.30. The Morgan fingerprint density at radius 1 is 0.967 bits per heavy atom. The molecule has 2 aliphatic heterocycles. The third-order valence-electron chi connectivity index (χ3n) is 6.52. The van der Waals surface area contributed by atoms with Crippen LogP contribution in [0.15, 0.2) is 53.0 Å². The number of benzene rings is 2. The number of carbonyl (C=O) groups is 2. The van der Waals surface area contributed by atoms with E-state index in [1.807, 2.05) is 53.4 Å². The molecular formula is C24H27BrN2O3. The molecule has 0 radical (unpaired) electrons. The van der Waals surface area contributed by atoms with Crippen molar-refractivity contribution in [2.24, 2.45) is 5.92 Å². The largest absolute Gasteiger partial charge is 0.385 e. The number of amides is 1. The molecule has 0 aromatic heterocycles. The van der Waals surface area contributed by atoms with Gasteiger partial charge in [-0.3, -0.25) is 9.59 Å². The van der Waals surface area contributed by atoms with Crippen LogP contribution in [-0.2, 0) is 10.4 Å². The molecule has 158 valence electrons. The zero-order chi connectivity index (χ0) is 21.1. The third kappa shape index (κ3) is 4.44. The first kappa shape index (κ1) is 21.1. The molecule has 4 rings (SSSR count). The molecule has 1 amide bonds. The lowest BCUT2D eigenvalue weighted by molar-refractivity contribution is -0.140. The summed E-state index contributed by atoms with van der Waals surface area (Å²) >= 11 is 3.43. The number of likely N-dealkylation sites (tertiary alicyclic amines) is 1. The highest BCUT2D eigenvalue weighted by Crippen LogP contribution is 2.34. The molecule has 1 N–H and O–H groups in total. The van der Waals surface area contributed by atoms with Crippen molar-refractivity contribution in [3.8, 4) is 0 Å². The number of hydrogen-bond donors (Lipinski definition) is 1. The number of aldehydes is 1. The van der Waals surface area contributed by atoms with E-state index in [2.05, 4.69) is 20.8 Å². The summed E-state index contributed by atoms with van der Waals surface area (Å²) in [5, 5.41) is 11.1. The summed E-state index contributed by atoms with van der Waals surface area (Å²) in [7, 11) is 0. The van der Waals surface area contributed by atoms with E-state index in [9.17, 15) is 14.7 Å². The smallest absolute Gasteiger partial charge is 0.225 e. The summed E-state index contributed by atoms with van der Waals surface area (Å²) in [6.07, 6.45) is 3.67. The minimum atomic E-state index is -0.853. The van der Waals surface area contributed by atoms with Gasteiger partial charge in [-0.2, -0.15) is 0 Å². The summed E-state index contributed by atoms with van der Waals surface area (Å²) in [6.45, 7) is 2.87. The molecule has 2 fully saturated rings. The number of aliphatic hydroxyl groups is 1. The van der Waals surface area contributed by atoms with Gasteiger partial charge in [0.15, 0.2) is 0 Å². The molecule has 0 atom stereocenters. The van der Waals surface area contributed by atoms with Gasteiger partial charge in [0.25, 0.3) is 0 Å². The van der Waals surface area contributed by atoms with Gasteiger partial charge in [0, 0.05) is 47.8 Å². The molecule has 0 saturated carbocycles. The van der Waals surface area contributed by atoms with E-state index in [1.165, 1.54) is 0 Å². The van der Waals surface area contributed by atoms with Crippen LogP contribution in [0.3, 0.4) is 0 Å². The zero-order valence-electron chi connectivity index (χ0n) is 17.0. The molecule has 2 aliphatic rings. The van der Waals surface area contributed by atoms with E-state index in [0.717, 1.165) is 47.9 Å². The summed E-state index contributed by atoms with van der Waals surface area (Å²) < 4.78 is 0.994. The van der Waals surface area contributed by atoms with E-state index in [-0.39, 0.29) is 11.8 Å². The number of rotatable bonds is 4. The van der Waals surface area contributed by atoms with Gasteiger partial charge in [0.05, 0.1) is 5.60 Å². The third-order valence-corrected chi connectivity index (χ3v) is 7.05. The van der Waals surface area contributed by atoms with Crippen molar-refractivity contribution in [1.82, 2.24) is 4.90 Å². The van der Waals surface area contributed by atoms with Gasteiger partial charge in [-0.15, -0.1) is 0 Å². The molecule has 6 heteroatoms. The minimum Gasteiger partial charge on any atom is -0.385 e. The predicted molar refractivity (Wildman–Crippen MR) is 121 cm³/mol. The lowest BCUT2D eigenvalue weighted by atomic mass is 9.84. The second kappa shape index (κ2) is 8.90. The normalized spacial score (nSPS) is 19.5. The molecule has 2 heterocycles. The van der Waals surface area contributed by atoms with Crippen molar-refractivity contribution in [2.75, 3.05) is 31.1 Å². The van der Waals surface area contributed by atoms with Crippen molar-refractivity contribution in [1.29, 1.82) is 0 Å². The van der Waals surface area contributed by atoms with Crippen molar-refractivity contribution in [3.05, 3.63) is 64.1 Å². The molecule has 5 nitrogen and oxygen atoms in total. The van der Waals surface area contributed by atoms with Gasteiger partial charge in [-0.1, -0.05) is 28.1 Å². The van der Waals surface area contributed by atoms with Gasteiger partial charge < -0.3 is 14.9 Å². The van der Waals surface area contributed by atoms with Crippen molar-refractivity contribution < 1.29 is 14.7 Å². The fraction of sp³-hybridized carbons (Fsp3) is 0.417. The zero-order valence-corrected chi connectivity index (χ0v) is 18.6. The van der Waals surface area contributed by atoms with Crippen LogP contribution in [-0.4, -0.2) is 48.4 Å². The van der Waals surface area contributed by atoms with Crippen LogP contribution in [0.1, 0.15) is 41.6 Å². The highest BCUT2D eigenvalue weighted by Gasteiger charge is 2.37.